The molecule has 0 aliphatic heterocycles. The second-order valence-electron chi connectivity index (χ2n) is 2.93. The van der Waals surface area contributed by atoms with Crippen molar-refractivity contribution in [3.05, 3.63) is 29.3 Å². The minimum absolute atomic E-state index is 0.335. The number of anilines is 2. The van der Waals surface area contributed by atoms with Crippen LogP contribution in [0.1, 0.15) is 0 Å². The van der Waals surface area contributed by atoms with Crippen molar-refractivity contribution in [1.82, 2.24) is 14.8 Å². The molecule has 0 saturated carbocycles. The molecule has 15 heavy (non-hydrogen) atoms. The van der Waals surface area contributed by atoms with E-state index >= 15 is 0 Å². The summed E-state index contributed by atoms with van der Waals surface area (Å²) in [5.41, 5.74) is 6.53. The lowest BCUT2D eigenvalue weighted by molar-refractivity contribution is 0.893. The van der Waals surface area contributed by atoms with E-state index in [1.807, 2.05) is 12.1 Å². The summed E-state index contributed by atoms with van der Waals surface area (Å²) in [6.07, 6.45) is 0. The maximum Gasteiger partial charge on any atom is 0.244 e. The molecule has 1 aromatic carbocycles. The summed E-state index contributed by atoms with van der Waals surface area (Å²) < 4.78 is 1.54. The number of nitrogen functional groups attached to an aromatic ring is 1. The van der Waals surface area contributed by atoms with Crippen molar-refractivity contribution in [3.63, 3.8) is 0 Å². The third kappa shape index (κ3) is 1.87. The highest BCUT2D eigenvalue weighted by Gasteiger charge is 2.06. The minimum atomic E-state index is 0.335. The first-order valence-corrected chi connectivity index (χ1v) is 4.75. The van der Waals surface area contributed by atoms with E-state index in [1.54, 1.807) is 23.9 Å². The van der Waals surface area contributed by atoms with E-state index in [0.29, 0.717) is 16.9 Å². The van der Waals surface area contributed by atoms with Gasteiger partial charge in [-0.05, 0) is 24.3 Å². The zero-order chi connectivity index (χ0) is 10.8. The molecule has 78 valence electrons. The largest absolute Gasteiger partial charge is 0.368 e. The average molecular weight is 224 g/mol. The molecule has 0 atom stereocenters. The molecule has 3 N–H and O–H groups in total. The number of nitrogens with zero attached hydrogens (tertiary/aromatic N) is 3. The van der Waals surface area contributed by atoms with Crippen LogP contribution in [0.2, 0.25) is 5.02 Å². The fourth-order valence-electron chi connectivity index (χ4n) is 1.20. The Hall–Kier alpha value is -1.75. The Bertz CT molecular complexity index is 462. The van der Waals surface area contributed by atoms with Crippen LogP contribution in [0.15, 0.2) is 24.3 Å². The number of nitrogens with two attached hydrogens (primary N) is 1. The maximum absolute atomic E-state index is 5.78. The van der Waals surface area contributed by atoms with Gasteiger partial charge in [-0.25, -0.2) is 0 Å². The molecule has 6 heteroatoms. The van der Waals surface area contributed by atoms with Gasteiger partial charge in [-0.1, -0.05) is 11.6 Å². The molecule has 1 heterocycles. The van der Waals surface area contributed by atoms with Crippen molar-refractivity contribution in [1.29, 1.82) is 0 Å². The molecular formula is C9H10ClN5. The molecule has 2 aromatic rings. The Kier molecular flexibility index (Phi) is 2.47. The van der Waals surface area contributed by atoms with Gasteiger partial charge >= 0.3 is 0 Å². The molecule has 5 nitrogen and oxygen atoms in total. The van der Waals surface area contributed by atoms with Crippen LogP contribution >= 0.6 is 11.6 Å². The van der Waals surface area contributed by atoms with Crippen LogP contribution in [0, 0.1) is 0 Å². The predicted octanol–water partition coefficient (Wildman–Crippen LogP) is 1.54. The molecule has 0 fully saturated rings. The summed E-state index contributed by atoms with van der Waals surface area (Å²) in [5.74, 6) is 0.823. The van der Waals surface area contributed by atoms with Crippen LogP contribution < -0.4 is 11.1 Å². The van der Waals surface area contributed by atoms with Crippen molar-refractivity contribution in [2.75, 3.05) is 18.1 Å². The smallest absolute Gasteiger partial charge is 0.244 e. The number of aromatic nitrogens is 3. The van der Waals surface area contributed by atoms with E-state index in [0.717, 1.165) is 5.69 Å². The van der Waals surface area contributed by atoms with Crippen molar-refractivity contribution in [2.45, 2.75) is 0 Å². The van der Waals surface area contributed by atoms with Crippen molar-refractivity contribution < 1.29 is 0 Å². The summed E-state index contributed by atoms with van der Waals surface area (Å²) in [6.45, 7) is 0. The van der Waals surface area contributed by atoms with Crippen LogP contribution in [-0.2, 0) is 0 Å². The van der Waals surface area contributed by atoms with Crippen LogP contribution in [0.3, 0.4) is 0 Å². The summed E-state index contributed by atoms with van der Waals surface area (Å²) in [6, 6.07) is 7.20. The summed E-state index contributed by atoms with van der Waals surface area (Å²) in [4.78, 5) is 4.01. The van der Waals surface area contributed by atoms with Crippen LogP contribution in [0.5, 0.6) is 0 Å². The summed E-state index contributed by atoms with van der Waals surface area (Å²) in [5, 5.41) is 7.65. The maximum atomic E-state index is 5.78. The number of benzene rings is 1. The van der Waals surface area contributed by atoms with Gasteiger partial charge in [-0.2, -0.15) is 9.67 Å². The fraction of sp³-hybridized carbons (Fsp3) is 0.111. The summed E-state index contributed by atoms with van der Waals surface area (Å²) in [7, 11) is 1.74. The zero-order valence-corrected chi connectivity index (χ0v) is 8.86. The van der Waals surface area contributed by atoms with Gasteiger partial charge in [0.2, 0.25) is 11.9 Å². The molecule has 0 amide bonds. The number of nitrogens with one attached hydrogen (secondary N) is 1. The lowest BCUT2D eigenvalue weighted by Crippen LogP contribution is -2.02. The van der Waals surface area contributed by atoms with Crippen LogP contribution in [0.25, 0.3) is 5.69 Å². The van der Waals surface area contributed by atoms with Crippen LogP contribution in [0.4, 0.5) is 11.9 Å². The molecule has 0 saturated heterocycles. The second-order valence-corrected chi connectivity index (χ2v) is 3.37. The second kappa shape index (κ2) is 3.78. The van der Waals surface area contributed by atoms with Crippen molar-refractivity contribution in [2.24, 2.45) is 0 Å². The van der Waals surface area contributed by atoms with Gasteiger partial charge in [-0.3, -0.25) is 0 Å². The lowest BCUT2D eigenvalue weighted by Gasteiger charge is -2.01. The van der Waals surface area contributed by atoms with Crippen molar-refractivity contribution >= 4 is 23.5 Å². The third-order valence-electron chi connectivity index (χ3n) is 1.93. The van der Waals surface area contributed by atoms with E-state index in [4.69, 9.17) is 17.3 Å². The highest BCUT2D eigenvalue weighted by atomic mass is 35.5. The molecular weight excluding hydrogens is 214 g/mol. The van der Waals surface area contributed by atoms with E-state index in [-0.39, 0.29) is 0 Å². The quantitative estimate of drug-likeness (QED) is 0.811. The topological polar surface area (TPSA) is 68.8 Å². The molecule has 0 spiro atoms. The predicted molar refractivity (Wildman–Crippen MR) is 60.3 cm³/mol. The average Bonchev–Trinajstić information content (AvgIpc) is 2.61. The highest BCUT2D eigenvalue weighted by molar-refractivity contribution is 6.30. The summed E-state index contributed by atoms with van der Waals surface area (Å²) >= 11 is 5.78. The Morgan fingerprint density at radius 2 is 2.00 bits per heavy atom. The monoisotopic (exact) mass is 223 g/mol. The van der Waals surface area contributed by atoms with Gasteiger partial charge in [0.15, 0.2) is 0 Å². The number of hydrogen-bond acceptors (Lipinski definition) is 4. The van der Waals surface area contributed by atoms with Gasteiger partial charge in [0.05, 0.1) is 5.69 Å². The number of halogens is 1. The standard InChI is InChI=1S/C9H10ClN5/c1-12-9-13-8(11)15(14-9)7-4-2-6(10)3-5-7/h2-5H,1H3,(H3,11,12,13,14). The van der Waals surface area contributed by atoms with E-state index < -0.39 is 0 Å². The van der Waals surface area contributed by atoms with E-state index in [1.165, 1.54) is 0 Å². The first-order valence-electron chi connectivity index (χ1n) is 4.37. The molecule has 1 aromatic heterocycles. The van der Waals surface area contributed by atoms with Gasteiger partial charge in [0, 0.05) is 12.1 Å². The number of hydrogen-bond donors (Lipinski definition) is 2. The van der Waals surface area contributed by atoms with Gasteiger partial charge in [0.1, 0.15) is 0 Å². The fourth-order valence-corrected chi connectivity index (χ4v) is 1.33. The van der Waals surface area contributed by atoms with Gasteiger partial charge in [0.25, 0.3) is 0 Å². The molecule has 0 bridgehead atoms. The van der Waals surface area contributed by atoms with Gasteiger partial charge < -0.3 is 11.1 Å². The zero-order valence-electron chi connectivity index (χ0n) is 8.11. The minimum Gasteiger partial charge on any atom is -0.368 e. The SMILES string of the molecule is CNc1nc(N)n(-c2ccc(Cl)cc2)n1. The highest BCUT2D eigenvalue weighted by Crippen LogP contribution is 2.16. The van der Waals surface area contributed by atoms with E-state index in [9.17, 15) is 0 Å². The Labute approximate surface area is 91.9 Å². The normalized spacial score (nSPS) is 10.3. The molecule has 0 aliphatic carbocycles. The first-order chi connectivity index (χ1) is 7.20. The van der Waals surface area contributed by atoms with Crippen molar-refractivity contribution in [3.8, 4) is 5.69 Å². The van der Waals surface area contributed by atoms with Crippen LogP contribution in [-0.4, -0.2) is 21.8 Å². The van der Waals surface area contributed by atoms with Gasteiger partial charge in [-0.15, -0.1) is 5.10 Å². The number of rotatable bonds is 2. The third-order valence-corrected chi connectivity index (χ3v) is 2.18. The molecule has 2 rings (SSSR count). The Balaban J connectivity index is 2.44. The molecule has 0 aliphatic rings. The Morgan fingerprint density at radius 3 is 2.53 bits per heavy atom. The lowest BCUT2D eigenvalue weighted by atomic mass is 10.3. The Morgan fingerprint density at radius 1 is 1.33 bits per heavy atom. The molecule has 0 unspecified atom stereocenters. The molecule has 0 radical (unpaired) electrons. The first kappa shape index (κ1) is 9.79. The van der Waals surface area contributed by atoms with E-state index in [2.05, 4.69) is 15.4 Å².